The first-order valence-electron chi connectivity index (χ1n) is 7.77. The molecule has 0 radical (unpaired) electrons. The third-order valence-corrected chi connectivity index (χ3v) is 4.31. The standard InChI is InChI=1S/C16H20F3N3O2/c1-14(2,3)24-13(23)21-15-5-11(15)8-22(9-15)12-4-10(6-20-7-12)16(17,18)19/h4,6-7,11H,5,8-9H2,1-3H3,(H,21,23). The predicted molar refractivity (Wildman–Crippen MR) is 81.7 cm³/mol. The first-order chi connectivity index (χ1) is 11.0. The van der Waals surface area contributed by atoms with Gasteiger partial charge in [-0.1, -0.05) is 0 Å². The first-order valence-corrected chi connectivity index (χ1v) is 7.77. The number of alkyl halides is 3. The van der Waals surface area contributed by atoms with Crippen molar-refractivity contribution in [3.05, 3.63) is 24.0 Å². The molecule has 8 heteroatoms. The molecule has 2 fully saturated rings. The van der Waals surface area contributed by atoms with Crippen LogP contribution in [0.5, 0.6) is 0 Å². The molecule has 1 aliphatic carbocycles. The lowest BCUT2D eigenvalue weighted by Crippen LogP contribution is -2.44. The molecule has 1 amide bonds. The zero-order chi connectivity index (χ0) is 17.8. The Morgan fingerprint density at radius 2 is 2.08 bits per heavy atom. The Bertz CT molecular complexity index is 657. The highest BCUT2D eigenvalue weighted by molar-refractivity contribution is 5.70. The Kier molecular flexibility index (Phi) is 3.69. The second-order valence-corrected chi connectivity index (χ2v) is 7.49. The molecule has 24 heavy (non-hydrogen) atoms. The van der Waals surface area contributed by atoms with Crippen molar-refractivity contribution in [2.75, 3.05) is 18.0 Å². The maximum absolute atomic E-state index is 12.8. The van der Waals surface area contributed by atoms with Gasteiger partial charge in [-0.25, -0.2) is 4.79 Å². The Labute approximate surface area is 138 Å². The molecule has 0 bridgehead atoms. The second-order valence-electron chi connectivity index (χ2n) is 7.49. The molecule has 1 aromatic heterocycles. The van der Waals surface area contributed by atoms with Crippen LogP contribution in [0.1, 0.15) is 32.8 Å². The lowest BCUT2D eigenvalue weighted by Gasteiger charge is -2.25. The van der Waals surface area contributed by atoms with Crippen LogP contribution in [-0.4, -0.2) is 35.3 Å². The van der Waals surface area contributed by atoms with E-state index in [1.54, 1.807) is 20.8 Å². The lowest BCUT2D eigenvalue weighted by molar-refractivity contribution is -0.137. The van der Waals surface area contributed by atoms with Gasteiger partial charge in [0.15, 0.2) is 0 Å². The molecule has 2 heterocycles. The second kappa shape index (κ2) is 5.26. The fourth-order valence-electron chi connectivity index (χ4n) is 3.14. The molecule has 3 rings (SSSR count). The number of aromatic nitrogens is 1. The summed E-state index contributed by atoms with van der Waals surface area (Å²) in [5.41, 5.74) is -1.35. The van der Waals surface area contributed by atoms with E-state index in [1.165, 1.54) is 6.20 Å². The topological polar surface area (TPSA) is 54.5 Å². The highest BCUT2D eigenvalue weighted by Gasteiger charge is 2.61. The molecule has 132 valence electrons. The molecule has 2 aliphatic rings. The van der Waals surface area contributed by atoms with Gasteiger partial charge in [0.2, 0.25) is 0 Å². The first kappa shape index (κ1) is 16.9. The molecule has 5 nitrogen and oxygen atoms in total. The van der Waals surface area contributed by atoms with Gasteiger partial charge < -0.3 is 15.0 Å². The minimum atomic E-state index is -4.42. The number of hydrogen-bond donors (Lipinski definition) is 1. The Hall–Kier alpha value is -1.99. The normalized spacial score (nSPS) is 26.1. The number of carbonyl (C=O) groups is 1. The average Bonchev–Trinajstić information content (AvgIpc) is 2.95. The van der Waals surface area contributed by atoms with E-state index in [0.29, 0.717) is 18.8 Å². The average molecular weight is 343 g/mol. The number of nitrogens with one attached hydrogen (secondary N) is 1. The number of pyridine rings is 1. The van der Waals surface area contributed by atoms with Crippen molar-refractivity contribution in [1.29, 1.82) is 0 Å². The fraction of sp³-hybridized carbons (Fsp3) is 0.625. The van der Waals surface area contributed by atoms with Gasteiger partial charge >= 0.3 is 12.3 Å². The highest BCUT2D eigenvalue weighted by Crippen LogP contribution is 2.50. The third kappa shape index (κ3) is 3.42. The maximum atomic E-state index is 12.8. The molecule has 1 aromatic rings. The number of fused-ring (bicyclic) bond motifs is 1. The third-order valence-electron chi connectivity index (χ3n) is 4.31. The van der Waals surface area contributed by atoms with Gasteiger partial charge in [-0.05, 0) is 33.3 Å². The van der Waals surface area contributed by atoms with Crippen molar-refractivity contribution in [2.45, 2.75) is 44.5 Å². The zero-order valence-electron chi connectivity index (χ0n) is 13.8. The monoisotopic (exact) mass is 343 g/mol. The van der Waals surface area contributed by atoms with E-state index < -0.39 is 29.0 Å². The van der Waals surface area contributed by atoms with E-state index in [2.05, 4.69) is 10.3 Å². The Morgan fingerprint density at radius 3 is 2.71 bits per heavy atom. The number of ether oxygens (including phenoxy) is 1. The number of anilines is 1. The van der Waals surface area contributed by atoms with Gasteiger partial charge in [0.25, 0.3) is 0 Å². The Balaban J connectivity index is 1.67. The SMILES string of the molecule is CC(C)(C)OC(=O)NC12CC1CN(c1cncc(C(F)(F)F)c1)C2. The fourth-order valence-corrected chi connectivity index (χ4v) is 3.14. The summed E-state index contributed by atoms with van der Waals surface area (Å²) in [6.07, 6.45) is -1.86. The van der Waals surface area contributed by atoms with E-state index >= 15 is 0 Å². The van der Waals surface area contributed by atoms with Crippen molar-refractivity contribution in [3.63, 3.8) is 0 Å². The van der Waals surface area contributed by atoms with Crippen LogP contribution in [-0.2, 0) is 10.9 Å². The smallest absolute Gasteiger partial charge is 0.417 e. The predicted octanol–water partition coefficient (Wildman–Crippen LogP) is 3.20. The van der Waals surface area contributed by atoms with Crippen LogP contribution >= 0.6 is 0 Å². The minimum Gasteiger partial charge on any atom is -0.444 e. The number of hydrogen-bond acceptors (Lipinski definition) is 4. The molecule has 1 N–H and O–H groups in total. The van der Waals surface area contributed by atoms with E-state index in [-0.39, 0.29) is 5.92 Å². The van der Waals surface area contributed by atoms with E-state index in [4.69, 9.17) is 4.74 Å². The Morgan fingerprint density at radius 1 is 1.38 bits per heavy atom. The van der Waals surface area contributed by atoms with Crippen LogP contribution < -0.4 is 10.2 Å². The number of halogens is 3. The van der Waals surface area contributed by atoms with Crippen LogP contribution in [0, 0.1) is 5.92 Å². The van der Waals surface area contributed by atoms with Gasteiger partial charge in [-0.2, -0.15) is 13.2 Å². The summed E-state index contributed by atoms with van der Waals surface area (Å²) < 4.78 is 43.7. The number of carbonyl (C=O) groups excluding carboxylic acids is 1. The summed E-state index contributed by atoms with van der Waals surface area (Å²) in [5.74, 6) is 0.222. The number of rotatable bonds is 2. The van der Waals surface area contributed by atoms with E-state index in [1.807, 2.05) is 4.90 Å². The molecule has 0 aromatic carbocycles. The summed E-state index contributed by atoms with van der Waals surface area (Å²) in [6, 6.07) is 1.10. The molecular formula is C16H20F3N3O2. The van der Waals surface area contributed by atoms with Crippen molar-refractivity contribution < 1.29 is 22.7 Å². The van der Waals surface area contributed by atoms with Gasteiger partial charge in [-0.3, -0.25) is 4.98 Å². The van der Waals surface area contributed by atoms with Crippen LogP contribution in [0.4, 0.5) is 23.7 Å². The summed E-state index contributed by atoms with van der Waals surface area (Å²) in [6.45, 7) is 6.40. The number of amides is 1. The summed E-state index contributed by atoms with van der Waals surface area (Å²) in [7, 11) is 0. The summed E-state index contributed by atoms with van der Waals surface area (Å²) >= 11 is 0. The molecular weight excluding hydrogens is 323 g/mol. The molecule has 0 spiro atoms. The summed E-state index contributed by atoms with van der Waals surface area (Å²) in [4.78, 5) is 17.5. The summed E-state index contributed by atoms with van der Waals surface area (Å²) in [5, 5.41) is 2.89. The molecule has 1 saturated carbocycles. The number of nitrogens with zero attached hydrogens (tertiary/aromatic N) is 2. The van der Waals surface area contributed by atoms with Crippen molar-refractivity contribution >= 4 is 11.8 Å². The molecule has 2 atom stereocenters. The highest BCUT2D eigenvalue weighted by atomic mass is 19.4. The van der Waals surface area contributed by atoms with Crippen LogP contribution in [0.25, 0.3) is 0 Å². The molecule has 1 aliphatic heterocycles. The van der Waals surface area contributed by atoms with Gasteiger partial charge in [-0.15, -0.1) is 0 Å². The van der Waals surface area contributed by atoms with E-state index in [0.717, 1.165) is 18.7 Å². The van der Waals surface area contributed by atoms with Gasteiger partial charge in [0, 0.05) is 25.2 Å². The minimum absolute atomic E-state index is 0.222. The maximum Gasteiger partial charge on any atom is 0.417 e. The van der Waals surface area contributed by atoms with E-state index in [9.17, 15) is 18.0 Å². The van der Waals surface area contributed by atoms with Gasteiger partial charge in [0.1, 0.15) is 5.60 Å². The lowest BCUT2D eigenvalue weighted by atomic mass is 10.2. The largest absolute Gasteiger partial charge is 0.444 e. The van der Waals surface area contributed by atoms with Gasteiger partial charge in [0.05, 0.1) is 23.0 Å². The van der Waals surface area contributed by atoms with Crippen molar-refractivity contribution in [3.8, 4) is 0 Å². The van der Waals surface area contributed by atoms with Crippen LogP contribution in [0.2, 0.25) is 0 Å². The van der Waals surface area contributed by atoms with Crippen molar-refractivity contribution in [2.24, 2.45) is 5.92 Å². The zero-order valence-corrected chi connectivity index (χ0v) is 13.8. The quantitative estimate of drug-likeness (QED) is 0.896. The van der Waals surface area contributed by atoms with Crippen LogP contribution in [0.3, 0.4) is 0 Å². The number of piperidine rings is 1. The number of alkyl carbamates (subject to hydrolysis) is 1. The van der Waals surface area contributed by atoms with Crippen molar-refractivity contribution in [1.82, 2.24) is 10.3 Å². The van der Waals surface area contributed by atoms with Crippen LogP contribution in [0.15, 0.2) is 18.5 Å². The molecule has 2 unspecified atom stereocenters. The molecule has 1 saturated heterocycles.